The fourth-order valence-electron chi connectivity index (χ4n) is 2.41. The summed E-state index contributed by atoms with van der Waals surface area (Å²) in [6.07, 6.45) is 2.71. The van der Waals surface area contributed by atoms with E-state index in [1.807, 2.05) is 13.1 Å². The molecule has 0 aliphatic heterocycles. The number of hydrogen-bond donors (Lipinski definition) is 1. The summed E-state index contributed by atoms with van der Waals surface area (Å²) in [4.78, 5) is 0.446. The zero-order valence-corrected chi connectivity index (χ0v) is 10.2. The number of rotatable bonds is 3. The Morgan fingerprint density at radius 1 is 1.19 bits per heavy atom. The molecular formula is C12H17NO2S. The van der Waals surface area contributed by atoms with E-state index in [2.05, 4.69) is 5.32 Å². The van der Waals surface area contributed by atoms with E-state index in [9.17, 15) is 8.42 Å². The van der Waals surface area contributed by atoms with Gasteiger partial charge in [-0.3, -0.25) is 0 Å². The van der Waals surface area contributed by atoms with Crippen LogP contribution in [-0.2, 0) is 9.84 Å². The van der Waals surface area contributed by atoms with Crippen LogP contribution in [0.5, 0.6) is 0 Å². The average molecular weight is 239 g/mol. The molecule has 16 heavy (non-hydrogen) atoms. The molecule has 0 amide bonds. The molecule has 4 heteroatoms. The summed E-state index contributed by atoms with van der Waals surface area (Å²) < 4.78 is 24.7. The van der Waals surface area contributed by atoms with Gasteiger partial charge in [-0.1, -0.05) is 24.6 Å². The molecular weight excluding hydrogens is 222 g/mol. The summed E-state index contributed by atoms with van der Waals surface area (Å²) in [6, 6.07) is 8.85. The van der Waals surface area contributed by atoms with Crippen molar-refractivity contribution in [2.45, 2.75) is 35.4 Å². The highest BCUT2D eigenvalue weighted by molar-refractivity contribution is 7.92. The third kappa shape index (κ3) is 1.99. The van der Waals surface area contributed by atoms with E-state index < -0.39 is 9.84 Å². The summed E-state index contributed by atoms with van der Waals surface area (Å²) >= 11 is 0. The van der Waals surface area contributed by atoms with Gasteiger partial charge in [-0.05, 0) is 32.0 Å². The van der Waals surface area contributed by atoms with Gasteiger partial charge in [0.05, 0.1) is 10.1 Å². The van der Waals surface area contributed by atoms with Crippen LogP contribution in [0, 0.1) is 0 Å². The number of nitrogens with one attached hydrogen (secondary N) is 1. The molecule has 1 aromatic rings. The van der Waals surface area contributed by atoms with Gasteiger partial charge in [0.15, 0.2) is 9.84 Å². The molecule has 2 atom stereocenters. The predicted octanol–water partition coefficient (Wildman–Crippen LogP) is 1.60. The Bertz CT molecular complexity index is 441. The van der Waals surface area contributed by atoms with Crippen molar-refractivity contribution in [3.63, 3.8) is 0 Å². The van der Waals surface area contributed by atoms with Crippen LogP contribution in [0.4, 0.5) is 0 Å². The van der Waals surface area contributed by atoms with Crippen molar-refractivity contribution in [1.29, 1.82) is 0 Å². The lowest BCUT2D eigenvalue weighted by Crippen LogP contribution is -2.38. The molecule has 1 aromatic carbocycles. The summed E-state index contributed by atoms with van der Waals surface area (Å²) in [7, 11) is -1.33. The predicted molar refractivity (Wildman–Crippen MR) is 64.1 cm³/mol. The topological polar surface area (TPSA) is 46.2 Å². The van der Waals surface area contributed by atoms with E-state index in [-0.39, 0.29) is 11.3 Å². The third-order valence-electron chi connectivity index (χ3n) is 3.29. The van der Waals surface area contributed by atoms with E-state index in [0.717, 1.165) is 19.3 Å². The van der Waals surface area contributed by atoms with Gasteiger partial charge in [-0.15, -0.1) is 0 Å². The van der Waals surface area contributed by atoms with Crippen molar-refractivity contribution in [3.8, 4) is 0 Å². The highest BCUT2D eigenvalue weighted by Gasteiger charge is 2.37. The van der Waals surface area contributed by atoms with Gasteiger partial charge in [0.25, 0.3) is 0 Å². The van der Waals surface area contributed by atoms with Crippen LogP contribution in [-0.4, -0.2) is 26.8 Å². The molecule has 0 radical (unpaired) electrons. The van der Waals surface area contributed by atoms with E-state index in [4.69, 9.17) is 0 Å². The minimum atomic E-state index is -3.16. The minimum Gasteiger partial charge on any atom is -0.316 e. The molecule has 0 saturated heterocycles. The first kappa shape index (κ1) is 11.6. The second kappa shape index (κ2) is 4.55. The first-order valence-electron chi connectivity index (χ1n) is 5.62. The van der Waals surface area contributed by atoms with E-state index >= 15 is 0 Å². The van der Waals surface area contributed by atoms with Gasteiger partial charge < -0.3 is 5.32 Å². The zero-order chi connectivity index (χ0) is 11.6. The fourth-order valence-corrected chi connectivity index (χ4v) is 4.48. The largest absolute Gasteiger partial charge is 0.316 e. The smallest absolute Gasteiger partial charge is 0.182 e. The van der Waals surface area contributed by atoms with Crippen LogP contribution in [0.3, 0.4) is 0 Å². The Morgan fingerprint density at radius 3 is 2.50 bits per heavy atom. The van der Waals surface area contributed by atoms with Gasteiger partial charge >= 0.3 is 0 Å². The van der Waals surface area contributed by atoms with Crippen LogP contribution < -0.4 is 5.32 Å². The van der Waals surface area contributed by atoms with Crippen molar-refractivity contribution >= 4 is 9.84 Å². The molecule has 1 fully saturated rings. The number of sulfone groups is 1. The van der Waals surface area contributed by atoms with Gasteiger partial charge in [0, 0.05) is 6.04 Å². The molecule has 3 nitrogen and oxygen atoms in total. The van der Waals surface area contributed by atoms with Gasteiger partial charge in [0.2, 0.25) is 0 Å². The molecule has 1 aliphatic carbocycles. The van der Waals surface area contributed by atoms with Crippen LogP contribution in [0.25, 0.3) is 0 Å². The van der Waals surface area contributed by atoms with E-state index in [1.54, 1.807) is 24.3 Å². The fraction of sp³-hybridized carbons (Fsp3) is 0.500. The highest BCUT2D eigenvalue weighted by atomic mass is 32.2. The summed E-state index contributed by atoms with van der Waals surface area (Å²) in [6.45, 7) is 0. The first-order chi connectivity index (χ1) is 7.66. The SMILES string of the molecule is CNC1CCCC1S(=O)(=O)c1ccccc1. The molecule has 1 saturated carbocycles. The molecule has 88 valence electrons. The lowest BCUT2D eigenvalue weighted by Gasteiger charge is -2.19. The summed E-state index contributed by atoms with van der Waals surface area (Å²) in [5.41, 5.74) is 0. The van der Waals surface area contributed by atoms with Crippen molar-refractivity contribution in [1.82, 2.24) is 5.32 Å². The van der Waals surface area contributed by atoms with E-state index in [0.29, 0.717) is 4.90 Å². The van der Waals surface area contributed by atoms with Gasteiger partial charge in [-0.2, -0.15) is 0 Å². The van der Waals surface area contributed by atoms with Crippen molar-refractivity contribution in [3.05, 3.63) is 30.3 Å². The van der Waals surface area contributed by atoms with E-state index in [1.165, 1.54) is 0 Å². The molecule has 1 N–H and O–H groups in total. The highest BCUT2D eigenvalue weighted by Crippen LogP contribution is 2.29. The Labute approximate surface area is 96.8 Å². The Morgan fingerprint density at radius 2 is 1.88 bits per heavy atom. The third-order valence-corrected chi connectivity index (χ3v) is 5.58. The molecule has 2 unspecified atom stereocenters. The van der Waals surface area contributed by atoms with Crippen molar-refractivity contribution in [2.75, 3.05) is 7.05 Å². The molecule has 2 rings (SSSR count). The molecule has 0 spiro atoms. The molecule has 0 bridgehead atoms. The number of benzene rings is 1. The molecule has 1 aliphatic rings. The summed E-state index contributed by atoms with van der Waals surface area (Å²) in [5.74, 6) is 0. The Hall–Kier alpha value is -0.870. The first-order valence-corrected chi connectivity index (χ1v) is 7.17. The van der Waals surface area contributed by atoms with Crippen LogP contribution in [0.15, 0.2) is 35.2 Å². The lowest BCUT2D eigenvalue weighted by molar-refractivity contribution is 0.538. The maximum atomic E-state index is 12.4. The Kier molecular flexibility index (Phi) is 3.30. The quantitative estimate of drug-likeness (QED) is 0.871. The normalized spacial score (nSPS) is 25.8. The zero-order valence-electron chi connectivity index (χ0n) is 9.39. The standard InChI is InChI=1S/C12H17NO2S/c1-13-11-8-5-9-12(11)16(14,15)10-6-3-2-4-7-10/h2-4,6-7,11-13H,5,8-9H2,1H3. The Balaban J connectivity index is 2.33. The van der Waals surface area contributed by atoms with Crippen LogP contribution in [0.1, 0.15) is 19.3 Å². The second-order valence-electron chi connectivity index (χ2n) is 4.22. The van der Waals surface area contributed by atoms with Crippen molar-refractivity contribution < 1.29 is 8.42 Å². The van der Waals surface area contributed by atoms with Gasteiger partial charge in [0.1, 0.15) is 0 Å². The summed E-state index contributed by atoms with van der Waals surface area (Å²) in [5, 5.41) is 2.85. The maximum absolute atomic E-state index is 12.4. The molecule has 0 aromatic heterocycles. The number of hydrogen-bond acceptors (Lipinski definition) is 3. The lowest BCUT2D eigenvalue weighted by atomic mass is 10.2. The minimum absolute atomic E-state index is 0.102. The van der Waals surface area contributed by atoms with Crippen LogP contribution >= 0.6 is 0 Å². The van der Waals surface area contributed by atoms with Crippen molar-refractivity contribution in [2.24, 2.45) is 0 Å². The maximum Gasteiger partial charge on any atom is 0.182 e. The second-order valence-corrected chi connectivity index (χ2v) is 6.39. The molecule has 0 heterocycles. The average Bonchev–Trinajstić information content (AvgIpc) is 2.79. The van der Waals surface area contributed by atoms with Crippen LogP contribution in [0.2, 0.25) is 0 Å². The monoisotopic (exact) mass is 239 g/mol. The van der Waals surface area contributed by atoms with Gasteiger partial charge in [-0.25, -0.2) is 8.42 Å².